The summed E-state index contributed by atoms with van der Waals surface area (Å²) in [5.41, 5.74) is 4.53. The first-order chi connectivity index (χ1) is 14.3. The van der Waals surface area contributed by atoms with Gasteiger partial charge in [-0.25, -0.2) is 9.59 Å². The Balaban J connectivity index is 2.03. The van der Waals surface area contributed by atoms with Gasteiger partial charge in [0.15, 0.2) is 0 Å². The van der Waals surface area contributed by atoms with Crippen molar-refractivity contribution in [1.29, 1.82) is 5.26 Å². The number of nitrogen functional groups attached to an aromatic ring is 1. The largest absolute Gasteiger partial charge is 0.489 e. The summed E-state index contributed by atoms with van der Waals surface area (Å²) in [6, 6.07) is 14.8. The van der Waals surface area contributed by atoms with Gasteiger partial charge in [0.25, 0.3) is 5.56 Å². The number of ether oxygens (including phenoxy) is 1. The molecule has 0 amide bonds. The molecule has 0 bridgehead atoms. The third-order valence-electron chi connectivity index (χ3n) is 4.28. The highest BCUT2D eigenvalue weighted by Gasteiger charge is 2.26. The lowest BCUT2D eigenvalue weighted by atomic mass is 9.95. The second-order valence-electron chi connectivity index (χ2n) is 6.23. The predicted octanol–water partition coefficient (Wildman–Crippen LogP) is 2.47. The molecular weight excluding hydrogens is 390 g/mol. The van der Waals surface area contributed by atoms with Crippen LogP contribution in [0.3, 0.4) is 0 Å². The summed E-state index contributed by atoms with van der Waals surface area (Å²) in [4.78, 5) is 37.5. The van der Waals surface area contributed by atoms with Gasteiger partial charge in [0.2, 0.25) is 0 Å². The van der Waals surface area contributed by atoms with Crippen molar-refractivity contribution in [2.24, 2.45) is 0 Å². The summed E-state index contributed by atoms with van der Waals surface area (Å²) in [5.74, 6) is -3.19. The topological polar surface area (TPSA) is 166 Å². The maximum absolute atomic E-state index is 12.1. The van der Waals surface area contributed by atoms with Crippen molar-refractivity contribution in [2.75, 3.05) is 5.73 Å². The first-order valence-electron chi connectivity index (χ1n) is 8.56. The van der Waals surface area contributed by atoms with Gasteiger partial charge in [-0.15, -0.1) is 0 Å². The number of carbonyl (C=O) groups is 2. The second kappa shape index (κ2) is 8.20. The van der Waals surface area contributed by atoms with Crippen molar-refractivity contribution in [2.45, 2.75) is 6.61 Å². The minimum Gasteiger partial charge on any atom is -0.489 e. The molecule has 3 rings (SSSR count). The summed E-state index contributed by atoms with van der Waals surface area (Å²) < 4.78 is 5.69. The lowest BCUT2D eigenvalue weighted by molar-refractivity contribution is 0.0695. The Kier molecular flexibility index (Phi) is 5.51. The number of rotatable bonds is 6. The molecule has 0 spiro atoms. The summed E-state index contributed by atoms with van der Waals surface area (Å²) in [6.07, 6.45) is 0. The molecule has 1 aromatic heterocycles. The molecule has 0 fully saturated rings. The van der Waals surface area contributed by atoms with E-state index >= 15 is 0 Å². The molecule has 0 unspecified atom stereocenters. The average molecular weight is 405 g/mol. The van der Waals surface area contributed by atoms with E-state index in [9.17, 15) is 24.6 Å². The zero-order chi connectivity index (χ0) is 21.8. The van der Waals surface area contributed by atoms with Gasteiger partial charge in [0, 0.05) is 5.56 Å². The van der Waals surface area contributed by atoms with E-state index in [1.54, 1.807) is 30.3 Å². The lowest BCUT2D eigenvalue weighted by Gasteiger charge is -2.13. The number of carboxylic acid groups (broad SMARTS) is 2. The molecular formula is C21H15N3O6. The number of hydrogen-bond donors (Lipinski definition) is 4. The highest BCUT2D eigenvalue weighted by atomic mass is 16.5. The number of nitrogens with one attached hydrogen (secondary N) is 1. The maximum atomic E-state index is 12.1. The van der Waals surface area contributed by atoms with Gasteiger partial charge in [-0.2, -0.15) is 5.26 Å². The molecule has 0 saturated heterocycles. The number of nitrogens with two attached hydrogens (primary N) is 1. The Morgan fingerprint density at radius 1 is 1.07 bits per heavy atom. The summed E-state index contributed by atoms with van der Waals surface area (Å²) in [7, 11) is 0. The molecule has 0 aliphatic carbocycles. The van der Waals surface area contributed by atoms with Gasteiger partial charge < -0.3 is 25.7 Å². The number of aromatic nitrogens is 1. The number of benzene rings is 2. The molecule has 0 saturated carbocycles. The van der Waals surface area contributed by atoms with Crippen molar-refractivity contribution < 1.29 is 24.5 Å². The summed E-state index contributed by atoms with van der Waals surface area (Å²) in [5, 5.41) is 27.8. The van der Waals surface area contributed by atoms with Crippen LogP contribution in [0.2, 0.25) is 0 Å². The van der Waals surface area contributed by atoms with E-state index in [2.05, 4.69) is 4.98 Å². The Morgan fingerprint density at radius 2 is 1.73 bits per heavy atom. The van der Waals surface area contributed by atoms with Crippen LogP contribution < -0.4 is 16.0 Å². The smallest absolute Gasteiger partial charge is 0.342 e. The SMILES string of the molecule is N#Cc1ccc(COc2cccc(-c3c(C(=O)O)c(N)[nH]c(=O)c3C(=O)O)c2)cc1. The van der Waals surface area contributed by atoms with Gasteiger partial charge in [-0.3, -0.25) is 4.79 Å². The maximum Gasteiger partial charge on any atom is 0.342 e. The lowest BCUT2D eigenvalue weighted by Crippen LogP contribution is -2.24. The third kappa shape index (κ3) is 3.98. The minimum absolute atomic E-state index is 0.153. The summed E-state index contributed by atoms with van der Waals surface area (Å²) in [6.45, 7) is 0.157. The van der Waals surface area contributed by atoms with Crippen LogP contribution in [0.1, 0.15) is 31.8 Å². The zero-order valence-corrected chi connectivity index (χ0v) is 15.4. The number of nitriles is 1. The van der Waals surface area contributed by atoms with Crippen LogP contribution in [0, 0.1) is 11.3 Å². The fraction of sp³-hybridized carbons (Fsp3) is 0.0476. The fourth-order valence-corrected chi connectivity index (χ4v) is 2.92. The third-order valence-corrected chi connectivity index (χ3v) is 4.28. The Labute approximate surface area is 169 Å². The Hall–Kier alpha value is -4.58. The van der Waals surface area contributed by atoms with E-state index in [1.165, 1.54) is 18.2 Å². The molecule has 1 heterocycles. The number of nitrogens with zero attached hydrogens (tertiary/aromatic N) is 1. The van der Waals surface area contributed by atoms with Gasteiger partial charge in [-0.05, 0) is 35.4 Å². The van der Waals surface area contributed by atoms with Crippen molar-refractivity contribution >= 4 is 17.8 Å². The number of aromatic carboxylic acids is 2. The molecule has 30 heavy (non-hydrogen) atoms. The average Bonchev–Trinajstić information content (AvgIpc) is 2.71. The van der Waals surface area contributed by atoms with E-state index < -0.39 is 34.4 Å². The highest BCUT2D eigenvalue weighted by Crippen LogP contribution is 2.31. The van der Waals surface area contributed by atoms with Crippen LogP contribution >= 0.6 is 0 Å². The van der Waals surface area contributed by atoms with E-state index in [4.69, 9.17) is 15.7 Å². The predicted molar refractivity (Wildman–Crippen MR) is 106 cm³/mol. The molecule has 9 nitrogen and oxygen atoms in total. The second-order valence-corrected chi connectivity index (χ2v) is 6.23. The first kappa shape index (κ1) is 20.2. The number of carboxylic acids is 2. The number of aromatic amines is 1. The normalized spacial score (nSPS) is 10.2. The molecule has 0 aliphatic rings. The van der Waals surface area contributed by atoms with E-state index in [-0.39, 0.29) is 17.7 Å². The van der Waals surface area contributed by atoms with Crippen molar-refractivity contribution in [3.05, 3.63) is 81.1 Å². The number of anilines is 1. The van der Waals surface area contributed by atoms with Crippen LogP contribution in [0.4, 0.5) is 5.82 Å². The molecule has 0 radical (unpaired) electrons. The standard InChI is InChI=1S/C21H15N3O6/c22-9-11-4-6-12(7-5-11)10-30-14-3-1-2-13(8-14)15-16(20(26)27)18(23)24-19(25)17(15)21(28)29/h1-8H,10H2,(H,26,27)(H,28,29)(H3,23,24,25). The molecule has 9 heteroatoms. The molecule has 0 aliphatic heterocycles. The highest BCUT2D eigenvalue weighted by molar-refractivity contribution is 6.07. The quantitative estimate of drug-likeness (QED) is 0.485. The molecule has 0 atom stereocenters. The molecule has 2 aromatic carbocycles. The monoisotopic (exact) mass is 405 g/mol. The van der Waals surface area contributed by atoms with Crippen molar-refractivity contribution in [3.63, 3.8) is 0 Å². The Bertz CT molecular complexity index is 1240. The number of pyridine rings is 1. The summed E-state index contributed by atoms with van der Waals surface area (Å²) >= 11 is 0. The van der Waals surface area contributed by atoms with Crippen molar-refractivity contribution in [1.82, 2.24) is 4.98 Å². The number of H-pyrrole nitrogens is 1. The molecule has 5 N–H and O–H groups in total. The van der Waals surface area contributed by atoms with E-state index in [1.807, 2.05) is 6.07 Å². The van der Waals surface area contributed by atoms with Gasteiger partial charge >= 0.3 is 11.9 Å². The van der Waals surface area contributed by atoms with Crippen molar-refractivity contribution in [3.8, 4) is 22.9 Å². The van der Waals surface area contributed by atoms with Crippen LogP contribution in [0.5, 0.6) is 5.75 Å². The first-order valence-corrected chi connectivity index (χ1v) is 8.56. The van der Waals surface area contributed by atoms with Gasteiger partial charge in [-0.1, -0.05) is 24.3 Å². The van der Waals surface area contributed by atoms with Crippen LogP contribution in [0.15, 0.2) is 53.3 Å². The minimum atomic E-state index is -1.59. The fourth-order valence-electron chi connectivity index (χ4n) is 2.92. The molecule has 3 aromatic rings. The van der Waals surface area contributed by atoms with Crippen LogP contribution in [-0.4, -0.2) is 27.1 Å². The van der Waals surface area contributed by atoms with Gasteiger partial charge in [0.05, 0.1) is 11.6 Å². The van der Waals surface area contributed by atoms with Gasteiger partial charge in [0.1, 0.15) is 29.3 Å². The Morgan fingerprint density at radius 3 is 2.33 bits per heavy atom. The van der Waals surface area contributed by atoms with Crippen LogP contribution in [-0.2, 0) is 6.61 Å². The molecule has 150 valence electrons. The van der Waals surface area contributed by atoms with E-state index in [0.717, 1.165) is 5.56 Å². The van der Waals surface area contributed by atoms with E-state index in [0.29, 0.717) is 11.3 Å². The zero-order valence-electron chi connectivity index (χ0n) is 15.4. The van der Waals surface area contributed by atoms with Crippen LogP contribution in [0.25, 0.3) is 11.1 Å². The number of hydrogen-bond acceptors (Lipinski definition) is 6.